The van der Waals surface area contributed by atoms with Crippen LogP contribution < -0.4 is 11.0 Å². The molecule has 8 nitrogen and oxygen atoms in total. The van der Waals surface area contributed by atoms with Crippen LogP contribution in [-0.2, 0) is 9.53 Å². The molecular formula is C20H35N5O3. The van der Waals surface area contributed by atoms with Gasteiger partial charge in [0.15, 0.2) is 0 Å². The van der Waals surface area contributed by atoms with E-state index in [9.17, 15) is 9.59 Å². The first kappa shape index (κ1) is 19.9. The lowest BCUT2D eigenvalue weighted by molar-refractivity contribution is -0.146. The topological polar surface area (TPSA) is 77.2 Å². The SMILES string of the molecule is CC(C)OC(=O)N1C[C@H](C)N(C(=O)C2CC2)C2CCC(C3CN(C)NN3)CC21. The van der Waals surface area contributed by atoms with Crippen LogP contribution in [0.2, 0.25) is 0 Å². The minimum absolute atomic E-state index is 0.0385. The third-order valence-electron chi connectivity index (χ3n) is 6.75. The van der Waals surface area contributed by atoms with E-state index in [4.69, 9.17) is 4.74 Å². The number of likely N-dealkylation sites (N-methyl/N-ethyl adjacent to an activating group) is 1. The Morgan fingerprint density at radius 2 is 1.82 bits per heavy atom. The smallest absolute Gasteiger partial charge is 0.410 e. The minimum Gasteiger partial charge on any atom is -0.447 e. The number of amides is 2. The number of hydrazine groups is 2. The van der Waals surface area contributed by atoms with E-state index in [0.29, 0.717) is 24.4 Å². The third kappa shape index (κ3) is 3.86. The number of carbonyl (C=O) groups is 2. The molecule has 4 rings (SSSR count). The Morgan fingerprint density at radius 3 is 2.43 bits per heavy atom. The van der Waals surface area contributed by atoms with Crippen molar-refractivity contribution in [2.45, 2.75) is 83.1 Å². The van der Waals surface area contributed by atoms with Crippen molar-refractivity contribution in [3.8, 4) is 0 Å². The lowest BCUT2D eigenvalue weighted by Crippen LogP contribution is -2.68. The van der Waals surface area contributed by atoms with Gasteiger partial charge in [0, 0.05) is 38.1 Å². The largest absolute Gasteiger partial charge is 0.447 e. The Bertz CT molecular complexity index is 611. The van der Waals surface area contributed by atoms with Crippen LogP contribution in [-0.4, -0.2) is 77.2 Å². The Kier molecular flexibility index (Phi) is 5.55. The molecule has 0 bridgehead atoms. The summed E-state index contributed by atoms with van der Waals surface area (Å²) in [5.41, 5.74) is 6.55. The van der Waals surface area contributed by atoms with Crippen molar-refractivity contribution < 1.29 is 14.3 Å². The third-order valence-corrected chi connectivity index (χ3v) is 6.75. The van der Waals surface area contributed by atoms with Gasteiger partial charge in [-0.2, -0.15) is 5.53 Å². The van der Waals surface area contributed by atoms with Crippen molar-refractivity contribution in [1.29, 1.82) is 0 Å². The zero-order valence-electron chi connectivity index (χ0n) is 17.6. The molecule has 0 spiro atoms. The molecule has 0 radical (unpaired) electrons. The molecule has 8 heteroatoms. The van der Waals surface area contributed by atoms with E-state index in [1.807, 2.05) is 25.8 Å². The quantitative estimate of drug-likeness (QED) is 0.753. The molecular weight excluding hydrogens is 358 g/mol. The van der Waals surface area contributed by atoms with Crippen molar-refractivity contribution in [1.82, 2.24) is 25.8 Å². The molecule has 0 aromatic carbocycles. The number of piperazine rings is 1. The Hall–Kier alpha value is -1.38. The summed E-state index contributed by atoms with van der Waals surface area (Å²) in [5, 5.41) is 2.06. The molecule has 2 aliphatic heterocycles. The molecule has 0 aromatic rings. The number of rotatable bonds is 3. The van der Waals surface area contributed by atoms with Crippen molar-refractivity contribution in [3.63, 3.8) is 0 Å². The molecule has 28 heavy (non-hydrogen) atoms. The number of fused-ring (bicyclic) bond motifs is 1. The van der Waals surface area contributed by atoms with E-state index in [-0.39, 0.29) is 36.2 Å². The molecule has 2 amide bonds. The standard InChI is InChI=1S/C20H35N5O3/c1-12(2)28-20(27)24-10-13(3)25(19(26)14-5-6-14)17-8-7-15(9-18(17)24)16-11-23(4)22-21-16/h12-18,21-22H,5-11H2,1-4H3/t13-,15?,16?,17?,18?/m0/s1. The molecule has 0 aromatic heterocycles. The Labute approximate surface area is 167 Å². The van der Waals surface area contributed by atoms with Crippen LogP contribution in [0, 0.1) is 11.8 Å². The van der Waals surface area contributed by atoms with Gasteiger partial charge >= 0.3 is 6.09 Å². The molecule has 2 N–H and O–H groups in total. The molecule has 2 saturated heterocycles. The lowest BCUT2D eigenvalue weighted by atomic mass is 9.75. The molecule has 4 aliphatic rings. The number of nitrogens with zero attached hydrogens (tertiary/aromatic N) is 3. The van der Waals surface area contributed by atoms with Gasteiger partial charge in [0.1, 0.15) is 0 Å². The first-order valence-electron chi connectivity index (χ1n) is 10.9. The maximum absolute atomic E-state index is 13.0. The highest BCUT2D eigenvalue weighted by Crippen LogP contribution is 2.41. The second-order valence-corrected chi connectivity index (χ2v) is 9.40. The highest BCUT2D eigenvalue weighted by atomic mass is 16.6. The molecule has 158 valence electrons. The highest BCUT2D eigenvalue weighted by molar-refractivity contribution is 5.82. The van der Waals surface area contributed by atoms with Crippen molar-refractivity contribution in [2.24, 2.45) is 11.8 Å². The summed E-state index contributed by atoms with van der Waals surface area (Å²) in [6.07, 6.45) is 4.60. The molecule has 2 saturated carbocycles. The van der Waals surface area contributed by atoms with Crippen LogP contribution in [0.1, 0.15) is 52.9 Å². The summed E-state index contributed by atoms with van der Waals surface area (Å²) in [5.74, 6) is 0.988. The summed E-state index contributed by atoms with van der Waals surface area (Å²) >= 11 is 0. The van der Waals surface area contributed by atoms with E-state index in [1.54, 1.807) is 0 Å². The van der Waals surface area contributed by atoms with Crippen molar-refractivity contribution in [2.75, 3.05) is 20.1 Å². The van der Waals surface area contributed by atoms with Crippen LogP contribution in [0.4, 0.5) is 4.79 Å². The first-order valence-corrected chi connectivity index (χ1v) is 10.9. The summed E-state index contributed by atoms with van der Waals surface area (Å²) < 4.78 is 5.57. The van der Waals surface area contributed by atoms with Crippen molar-refractivity contribution >= 4 is 12.0 Å². The van der Waals surface area contributed by atoms with Gasteiger partial charge in [0.2, 0.25) is 5.91 Å². The molecule has 4 fully saturated rings. The fraction of sp³-hybridized carbons (Fsp3) is 0.900. The van der Waals surface area contributed by atoms with E-state index < -0.39 is 0 Å². The lowest BCUT2D eigenvalue weighted by Gasteiger charge is -2.54. The minimum atomic E-state index is -0.231. The molecule has 4 unspecified atom stereocenters. The monoisotopic (exact) mass is 393 g/mol. The normalized spacial score (nSPS) is 36.5. The number of hydrogen-bond donors (Lipinski definition) is 2. The van der Waals surface area contributed by atoms with Gasteiger partial charge in [-0.1, -0.05) is 0 Å². The maximum Gasteiger partial charge on any atom is 0.410 e. The second-order valence-electron chi connectivity index (χ2n) is 9.40. The van der Waals surface area contributed by atoms with Gasteiger partial charge in [-0.3, -0.25) is 4.79 Å². The summed E-state index contributed by atoms with van der Waals surface area (Å²) in [7, 11) is 2.03. The first-order chi connectivity index (χ1) is 13.3. The van der Waals surface area contributed by atoms with Gasteiger partial charge in [-0.05, 0) is 58.8 Å². The molecule has 2 heterocycles. The van der Waals surface area contributed by atoms with Gasteiger partial charge in [-0.25, -0.2) is 15.2 Å². The van der Waals surface area contributed by atoms with E-state index in [2.05, 4.69) is 27.8 Å². The summed E-state index contributed by atoms with van der Waals surface area (Å²) in [6.45, 7) is 7.36. The predicted octanol–water partition coefficient (Wildman–Crippen LogP) is 1.33. The van der Waals surface area contributed by atoms with Crippen LogP contribution in [0.15, 0.2) is 0 Å². The van der Waals surface area contributed by atoms with Gasteiger partial charge in [-0.15, -0.1) is 0 Å². The molecule has 2 aliphatic carbocycles. The second kappa shape index (κ2) is 7.80. The number of hydrogen-bond acceptors (Lipinski definition) is 6. The van der Waals surface area contributed by atoms with Crippen LogP contribution in [0.25, 0.3) is 0 Å². The van der Waals surface area contributed by atoms with Crippen molar-refractivity contribution in [3.05, 3.63) is 0 Å². The van der Waals surface area contributed by atoms with Crippen LogP contribution in [0.3, 0.4) is 0 Å². The number of nitrogens with one attached hydrogen (secondary N) is 2. The average molecular weight is 394 g/mol. The summed E-state index contributed by atoms with van der Waals surface area (Å²) in [6, 6.07) is 0.556. The zero-order valence-corrected chi connectivity index (χ0v) is 17.6. The fourth-order valence-electron chi connectivity index (χ4n) is 5.27. The number of ether oxygens (including phenoxy) is 1. The van der Waals surface area contributed by atoms with E-state index >= 15 is 0 Å². The van der Waals surface area contributed by atoms with E-state index in [0.717, 1.165) is 38.6 Å². The Balaban J connectivity index is 1.55. The number of carbonyl (C=O) groups excluding carboxylic acids is 2. The van der Waals surface area contributed by atoms with Crippen LogP contribution >= 0.6 is 0 Å². The zero-order chi connectivity index (χ0) is 20.0. The predicted molar refractivity (Wildman–Crippen MR) is 105 cm³/mol. The molecule has 5 atom stereocenters. The van der Waals surface area contributed by atoms with Gasteiger partial charge in [0.05, 0.1) is 18.2 Å². The van der Waals surface area contributed by atoms with Crippen LogP contribution in [0.5, 0.6) is 0 Å². The Morgan fingerprint density at radius 1 is 1.07 bits per heavy atom. The van der Waals surface area contributed by atoms with E-state index in [1.165, 1.54) is 0 Å². The van der Waals surface area contributed by atoms with Gasteiger partial charge in [0.25, 0.3) is 0 Å². The summed E-state index contributed by atoms with van der Waals surface area (Å²) in [4.78, 5) is 29.9. The van der Waals surface area contributed by atoms with Gasteiger partial charge < -0.3 is 14.5 Å². The highest BCUT2D eigenvalue weighted by Gasteiger charge is 2.50. The average Bonchev–Trinajstić information content (AvgIpc) is 3.40. The fourth-order valence-corrected chi connectivity index (χ4v) is 5.27. The maximum atomic E-state index is 13.0.